The van der Waals surface area contributed by atoms with Crippen molar-refractivity contribution in [2.24, 2.45) is 0 Å². The van der Waals surface area contributed by atoms with Crippen LogP contribution in [0.15, 0.2) is 30.3 Å². The molecule has 0 heterocycles. The minimum absolute atomic E-state index is 0.184. The van der Waals surface area contributed by atoms with Gasteiger partial charge in [0.05, 0.1) is 10.0 Å². The van der Waals surface area contributed by atoms with E-state index in [4.69, 9.17) is 46.4 Å². The third-order valence-corrected chi connectivity index (χ3v) is 3.83. The van der Waals surface area contributed by atoms with E-state index in [2.05, 4.69) is 0 Å². The second-order valence-electron chi connectivity index (χ2n) is 3.68. The first kappa shape index (κ1) is 14.0. The highest BCUT2D eigenvalue weighted by Crippen LogP contribution is 2.37. The zero-order valence-electron chi connectivity index (χ0n) is 8.98. The predicted octanol–water partition coefficient (Wildman–Crippen LogP) is 6.19. The van der Waals surface area contributed by atoms with Crippen molar-refractivity contribution >= 4 is 46.4 Å². The Labute approximate surface area is 124 Å². The summed E-state index contributed by atoms with van der Waals surface area (Å²) in [6, 6.07) is 7.56. The molecule has 0 atom stereocenters. The van der Waals surface area contributed by atoms with Crippen molar-refractivity contribution in [3.8, 4) is 11.1 Å². The lowest BCUT2D eigenvalue weighted by molar-refractivity contribution is 0.626. The minimum Gasteiger partial charge on any atom is -0.207 e. The van der Waals surface area contributed by atoms with E-state index in [-0.39, 0.29) is 11.7 Å². The molecule has 2 aromatic rings. The van der Waals surface area contributed by atoms with E-state index in [1.807, 2.05) is 0 Å². The summed E-state index contributed by atoms with van der Waals surface area (Å²) in [7, 11) is 0. The van der Waals surface area contributed by atoms with E-state index in [0.29, 0.717) is 26.2 Å². The lowest BCUT2D eigenvalue weighted by Gasteiger charge is -2.10. The summed E-state index contributed by atoms with van der Waals surface area (Å²) in [5.74, 6) is -0.158. The maximum atomic E-state index is 13.2. The average molecular weight is 324 g/mol. The molecule has 0 saturated carbocycles. The number of hydrogen-bond acceptors (Lipinski definition) is 0. The van der Waals surface area contributed by atoms with Crippen LogP contribution in [-0.4, -0.2) is 0 Å². The van der Waals surface area contributed by atoms with Gasteiger partial charge >= 0.3 is 0 Å². The molecule has 0 aliphatic heterocycles. The topological polar surface area (TPSA) is 0 Å². The largest absolute Gasteiger partial charge is 0.207 e. The highest BCUT2D eigenvalue weighted by molar-refractivity contribution is 6.44. The molecule has 94 valence electrons. The van der Waals surface area contributed by atoms with Crippen molar-refractivity contribution < 1.29 is 4.39 Å². The summed E-state index contributed by atoms with van der Waals surface area (Å²) in [6.07, 6.45) is 0. The highest BCUT2D eigenvalue weighted by Gasteiger charge is 2.12. The molecule has 0 N–H and O–H groups in total. The first-order valence-corrected chi connectivity index (χ1v) is 6.69. The van der Waals surface area contributed by atoms with Gasteiger partial charge in [-0.1, -0.05) is 40.9 Å². The first-order chi connectivity index (χ1) is 8.52. The standard InChI is InChI=1S/C13H7Cl4F/c14-6-7-3-8(18)1-2-9(7)10-4-12(16)13(17)5-11(10)15/h1-5H,6H2. The third-order valence-electron chi connectivity index (χ3n) is 2.51. The van der Waals surface area contributed by atoms with Crippen LogP contribution in [0.1, 0.15) is 5.56 Å². The number of hydrogen-bond donors (Lipinski definition) is 0. The maximum Gasteiger partial charge on any atom is 0.123 e. The second kappa shape index (κ2) is 5.66. The van der Waals surface area contributed by atoms with Crippen LogP contribution in [-0.2, 0) is 5.88 Å². The van der Waals surface area contributed by atoms with Gasteiger partial charge in [0.1, 0.15) is 5.82 Å². The van der Waals surface area contributed by atoms with E-state index in [1.54, 1.807) is 18.2 Å². The summed E-state index contributed by atoms with van der Waals surface area (Å²) in [6.45, 7) is 0. The van der Waals surface area contributed by atoms with Crippen molar-refractivity contribution in [3.05, 3.63) is 56.8 Å². The van der Waals surface area contributed by atoms with Crippen LogP contribution in [0.3, 0.4) is 0 Å². The van der Waals surface area contributed by atoms with Crippen LogP contribution in [0.2, 0.25) is 15.1 Å². The van der Waals surface area contributed by atoms with Crippen LogP contribution < -0.4 is 0 Å². The third kappa shape index (κ3) is 2.75. The lowest BCUT2D eigenvalue weighted by atomic mass is 10.0. The fourth-order valence-electron chi connectivity index (χ4n) is 1.66. The highest BCUT2D eigenvalue weighted by atomic mass is 35.5. The zero-order chi connectivity index (χ0) is 13.3. The van der Waals surface area contributed by atoms with Gasteiger partial charge in [-0.25, -0.2) is 4.39 Å². The van der Waals surface area contributed by atoms with Crippen LogP contribution in [0.4, 0.5) is 4.39 Å². The van der Waals surface area contributed by atoms with E-state index >= 15 is 0 Å². The Morgan fingerprint density at radius 2 is 1.50 bits per heavy atom. The summed E-state index contributed by atoms with van der Waals surface area (Å²) in [5.41, 5.74) is 2.08. The molecule has 0 amide bonds. The van der Waals surface area contributed by atoms with E-state index in [0.717, 1.165) is 5.56 Å². The second-order valence-corrected chi connectivity index (χ2v) is 5.17. The maximum absolute atomic E-state index is 13.2. The molecule has 18 heavy (non-hydrogen) atoms. The predicted molar refractivity (Wildman–Crippen MR) is 76.4 cm³/mol. The Kier molecular flexibility index (Phi) is 4.39. The molecule has 5 heteroatoms. The van der Waals surface area contributed by atoms with Crippen LogP contribution in [0.25, 0.3) is 11.1 Å². The molecule has 0 aliphatic carbocycles. The van der Waals surface area contributed by atoms with Crippen LogP contribution in [0.5, 0.6) is 0 Å². The van der Waals surface area contributed by atoms with E-state index < -0.39 is 0 Å². The molecule has 0 aromatic heterocycles. The van der Waals surface area contributed by atoms with Crippen molar-refractivity contribution in [2.75, 3.05) is 0 Å². The molecular formula is C13H7Cl4F. The Balaban J connectivity index is 2.65. The van der Waals surface area contributed by atoms with E-state index in [9.17, 15) is 4.39 Å². The molecule has 0 bridgehead atoms. The van der Waals surface area contributed by atoms with Crippen molar-refractivity contribution in [3.63, 3.8) is 0 Å². The lowest BCUT2D eigenvalue weighted by Crippen LogP contribution is -1.90. The molecule has 0 spiro atoms. The van der Waals surface area contributed by atoms with Crippen molar-refractivity contribution in [1.29, 1.82) is 0 Å². The monoisotopic (exact) mass is 322 g/mol. The van der Waals surface area contributed by atoms with Gasteiger partial charge in [-0.15, -0.1) is 11.6 Å². The Morgan fingerprint density at radius 3 is 2.17 bits per heavy atom. The van der Waals surface area contributed by atoms with Gasteiger partial charge in [0, 0.05) is 16.5 Å². The first-order valence-electron chi connectivity index (χ1n) is 5.02. The van der Waals surface area contributed by atoms with Gasteiger partial charge in [-0.2, -0.15) is 0 Å². The van der Waals surface area contributed by atoms with Gasteiger partial charge in [0.2, 0.25) is 0 Å². The van der Waals surface area contributed by atoms with Crippen molar-refractivity contribution in [1.82, 2.24) is 0 Å². The Morgan fingerprint density at radius 1 is 0.833 bits per heavy atom. The summed E-state index contributed by atoms with van der Waals surface area (Å²) >= 11 is 23.8. The Bertz CT molecular complexity index is 596. The van der Waals surface area contributed by atoms with Gasteiger partial charge in [-0.3, -0.25) is 0 Å². The van der Waals surface area contributed by atoms with Gasteiger partial charge in [-0.05, 0) is 35.4 Å². The SMILES string of the molecule is Fc1ccc(-c2cc(Cl)c(Cl)cc2Cl)c(CCl)c1. The average Bonchev–Trinajstić information content (AvgIpc) is 2.34. The molecule has 0 unspecified atom stereocenters. The fourth-order valence-corrected chi connectivity index (χ4v) is 2.53. The van der Waals surface area contributed by atoms with Gasteiger partial charge in [0.25, 0.3) is 0 Å². The Hall–Kier alpha value is -0.470. The number of alkyl halides is 1. The van der Waals surface area contributed by atoms with E-state index in [1.165, 1.54) is 12.1 Å². The quantitative estimate of drug-likeness (QED) is 0.456. The molecule has 0 radical (unpaired) electrons. The zero-order valence-corrected chi connectivity index (χ0v) is 12.0. The van der Waals surface area contributed by atoms with Crippen LogP contribution in [0, 0.1) is 5.82 Å². The number of rotatable bonds is 2. The molecule has 2 rings (SSSR count). The molecule has 0 aliphatic rings. The summed E-state index contributed by atoms with van der Waals surface area (Å²) in [5, 5.41) is 1.21. The van der Waals surface area contributed by atoms with Gasteiger partial charge in [0.15, 0.2) is 0 Å². The molecule has 0 fully saturated rings. The molecule has 2 aromatic carbocycles. The van der Waals surface area contributed by atoms with Crippen LogP contribution >= 0.6 is 46.4 Å². The number of halogens is 5. The summed E-state index contributed by atoms with van der Waals surface area (Å²) in [4.78, 5) is 0. The molecular weight excluding hydrogens is 317 g/mol. The molecule has 0 nitrogen and oxygen atoms in total. The number of benzene rings is 2. The fraction of sp³-hybridized carbons (Fsp3) is 0.0769. The molecule has 0 saturated heterocycles. The van der Waals surface area contributed by atoms with Gasteiger partial charge < -0.3 is 0 Å². The van der Waals surface area contributed by atoms with Crippen molar-refractivity contribution in [2.45, 2.75) is 5.88 Å². The smallest absolute Gasteiger partial charge is 0.123 e. The minimum atomic E-state index is -0.342. The summed E-state index contributed by atoms with van der Waals surface area (Å²) < 4.78 is 13.2. The normalized spacial score (nSPS) is 10.7.